The first-order chi connectivity index (χ1) is 6.39. The van der Waals surface area contributed by atoms with Crippen molar-refractivity contribution in [3.63, 3.8) is 0 Å². The van der Waals surface area contributed by atoms with Crippen LogP contribution in [0.1, 0.15) is 5.56 Å². The molecular formula is C9H9Cl3O2. The Kier molecular flexibility index (Phi) is 3.90. The molecule has 0 amide bonds. The summed E-state index contributed by atoms with van der Waals surface area (Å²) < 4.78 is 3.18. The van der Waals surface area contributed by atoms with Crippen LogP contribution in [0.3, 0.4) is 0 Å². The Hall–Kier alpha value is -0.150. The van der Waals surface area contributed by atoms with E-state index in [0.29, 0.717) is 5.75 Å². The average molecular weight is 256 g/mol. The van der Waals surface area contributed by atoms with Crippen LogP contribution in [0.5, 0.6) is 5.75 Å². The highest BCUT2D eigenvalue weighted by Crippen LogP contribution is 2.31. The van der Waals surface area contributed by atoms with Crippen LogP contribution in [-0.4, -0.2) is 15.2 Å². The van der Waals surface area contributed by atoms with E-state index in [0.717, 1.165) is 5.56 Å². The molecule has 0 saturated carbocycles. The summed E-state index contributed by atoms with van der Waals surface area (Å²) in [5, 5.41) is 9.31. The first-order valence-corrected chi connectivity index (χ1v) is 5.01. The van der Waals surface area contributed by atoms with Gasteiger partial charge in [0.2, 0.25) is 6.29 Å². The molecule has 1 aromatic rings. The smallest absolute Gasteiger partial charge is 0.252 e. The molecule has 1 atom stereocenters. The van der Waals surface area contributed by atoms with Crippen molar-refractivity contribution < 1.29 is 9.84 Å². The standard InChI is InChI=1S/C9H9Cl3O2/c1-6-3-2-4-7(5-6)14-8(13)9(10,11)12/h2-5,8,13H,1H3. The van der Waals surface area contributed by atoms with Gasteiger partial charge in [0.25, 0.3) is 3.79 Å². The van der Waals surface area contributed by atoms with Crippen molar-refractivity contribution in [3.8, 4) is 5.75 Å². The van der Waals surface area contributed by atoms with Crippen LogP contribution >= 0.6 is 34.8 Å². The molecule has 1 aromatic carbocycles. The number of aliphatic hydroxyl groups excluding tert-OH is 1. The molecule has 0 aliphatic rings. The second kappa shape index (κ2) is 4.58. The van der Waals surface area contributed by atoms with Crippen molar-refractivity contribution in [3.05, 3.63) is 29.8 Å². The highest BCUT2D eigenvalue weighted by Gasteiger charge is 2.32. The van der Waals surface area contributed by atoms with Gasteiger partial charge in [-0.2, -0.15) is 0 Å². The van der Waals surface area contributed by atoms with Gasteiger partial charge in [-0.1, -0.05) is 46.9 Å². The predicted octanol–water partition coefficient (Wildman–Crippen LogP) is 3.06. The number of aryl methyl sites for hydroxylation is 1. The van der Waals surface area contributed by atoms with E-state index in [-0.39, 0.29) is 0 Å². The van der Waals surface area contributed by atoms with Crippen molar-refractivity contribution in [2.75, 3.05) is 0 Å². The monoisotopic (exact) mass is 254 g/mol. The Morgan fingerprint density at radius 3 is 2.50 bits per heavy atom. The van der Waals surface area contributed by atoms with Gasteiger partial charge < -0.3 is 9.84 Å². The lowest BCUT2D eigenvalue weighted by Crippen LogP contribution is -2.31. The Morgan fingerprint density at radius 2 is 2.00 bits per heavy atom. The van der Waals surface area contributed by atoms with Gasteiger partial charge in [0.05, 0.1) is 0 Å². The molecule has 78 valence electrons. The Morgan fingerprint density at radius 1 is 1.36 bits per heavy atom. The fraction of sp³-hybridized carbons (Fsp3) is 0.333. The van der Waals surface area contributed by atoms with Crippen molar-refractivity contribution in [2.45, 2.75) is 17.0 Å². The minimum Gasteiger partial charge on any atom is -0.460 e. The molecule has 0 aliphatic heterocycles. The van der Waals surface area contributed by atoms with Crippen LogP contribution in [0.15, 0.2) is 24.3 Å². The van der Waals surface area contributed by atoms with E-state index in [4.69, 9.17) is 39.5 Å². The van der Waals surface area contributed by atoms with E-state index < -0.39 is 10.1 Å². The molecule has 5 heteroatoms. The van der Waals surface area contributed by atoms with Gasteiger partial charge in [-0.05, 0) is 24.6 Å². The van der Waals surface area contributed by atoms with E-state index in [9.17, 15) is 5.11 Å². The normalized spacial score (nSPS) is 13.8. The minimum atomic E-state index is -1.84. The number of aliphatic hydroxyl groups is 1. The SMILES string of the molecule is Cc1cccc(OC(O)C(Cl)(Cl)Cl)c1. The van der Waals surface area contributed by atoms with Crippen LogP contribution in [0, 0.1) is 6.92 Å². The molecule has 1 unspecified atom stereocenters. The third-order valence-corrected chi connectivity index (χ3v) is 2.08. The largest absolute Gasteiger partial charge is 0.460 e. The van der Waals surface area contributed by atoms with Crippen LogP contribution < -0.4 is 4.74 Å². The van der Waals surface area contributed by atoms with Gasteiger partial charge in [0, 0.05) is 0 Å². The first-order valence-electron chi connectivity index (χ1n) is 3.88. The lowest BCUT2D eigenvalue weighted by atomic mass is 10.2. The number of hydrogen-bond acceptors (Lipinski definition) is 2. The number of ether oxygens (including phenoxy) is 1. The lowest BCUT2D eigenvalue weighted by Gasteiger charge is -2.20. The minimum absolute atomic E-state index is 0.462. The van der Waals surface area contributed by atoms with Crippen LogP contribution in [-0.2, 0) is 0 Å². The summed E-state index contributed by atoms with van der Waals surface area (Å²) in [7, 11) is 0. The summed E-state index contributed by atoms with van der Waals surface area (Å²) in [6.45, 7) is 1.90. The van der Waals surface area contributed by atoms with Crippen LogP contribution in [0.2, 0.25) is 0 Å². The quantitative estimate of drug-likeness (QED) is 0.650. The van der Waals surface area contributed by atoms with Crippen molar-refractivity contribution in [1.82, 2.24) is 0 Å². The summed E-state index contributed by atoms with van der Waals surface area (Å²) in [5.74, 6) is 0.462. The number of rotatable bonds is 2. The van der Waals surface area contributed by atoms with Gasteiger partial charge in [0.1, 0.15) is 5.75 Å². The molecule has 1 rings (SSSR count). The third-order valence-electron chi connectivity index (χ3n) is 1.52. The van der Waals surface area contributed by atoms with Gasteiger partial charge in [-0.15, -0.1) is 0 Å². The van der Waals surface area contributed by atoms with E-state index >= 15 is 0 Å². The topological polar surface area (TPSA) is 29.5 Å². The van der Waals surface area contributed by atoms with Gasteiger partial charge in [0.15, 0.2) is 0 Å². The fourth-order valence-electron chi connectivity index (χ4n) is 0.884. The molecule has 0 heterocycles. The molecule has 14 heavy (non-hydrogen) atoms. The maximum Gasteiger partial charge on any atom is 0.252 e. The molecule has 0 radical (unpaired) electrons. The van der Waals surface area contributed by atoms with Gasteiger partial charge in [-0.3, -0.25) is 0 Å². The van der Waals surface area contributed by atoms with Crippen LogP contribution in [0.25, 0.3) is 0 Å². The first kappa shape index (κ1) is 11.9. The molecule has 0 aromatic heterocycles. The molecule has 2 nitrogen and oxygen atoms in total. The fourth-order valence-corrected chi connectivity index (χ4v) is 1.02. The van der Waals surface area contributed by atoms with Crippen molar-refractivity contribution in [1.29, 1.82) is 0 Å². The van der Waals surface area contributed by atoms with E-state index in [1.165, 1.54) is 0 Å². The molecule has 0 aliphatic carbocycles. The second-order valence-corrected chi connectivity index (χ2v) is 5.20. The number of benzene rings is 1. The number of halogens is 3. The molecule has 0 bridgehead atoms. The summed E-state index contributed by atoms with van der Waals surface area (Å²) in [5.41, 5.74) is 0.999. The molecular weight excluding hydrogens is 246 g/mol. The van der Waals surface area contributed by atoms with E-state index in [1.54, 1.807) is 18.2 Å². The maximum absolute atomic E-state index is 9.31. The lowest BCUT2D eigenvalue weighted by molar-refractivity contribution is -0.0131. The summed E-state index contributed by atoms with van der Waals surface area (Å²) in [4.78, 5) is 0. The zero-order chi connectivity index (χ0) is 10.8. The Bertz CT molecular complexity index is 309. The molecule has 0 spiro atoms. The molecule has 0 saturated heterocycles. The maximum atomic E-state index is 9.31. The number of alkyl halides is 3. The zero-order valence-electron chi connectivity index (χ0n) is 7.38. The molecule has 0 fully saturated rings. The highest BCUT2D eigenvalue weighted by molar-refractivity contribution is 6.67. The van der Waals surface area contributed by atoms with Gasteiger partial charge >= 0.3 is 0 Å². The third kappa shape index (κ3) is 3.54. The molecule has 1 N–H and O–H groups in total. The zero-order valence-corrected chi connectivity index (χ0v) is 9.64. The van der Waals surface area contributed by atoms with Gasteiger partial charge in [-0.25, -0.2) is 0 Å². The average Bonchev–Trinajstić information content (AvgIpc) is 2.02. The highest BCUT2D eigenvalue weighted by atomic mass is 35.6. The summed E-state index contributed by atoms with van der Waals surface area (Å²) in [6.07, 6.45) is -1.48. The predicted molar refractivity (Wildman–Crippen MR) is 58.1 cm³/mol. The van der Waals surface area contributed by atoms with Crippen molar-refractivity contribution >= 4 is 34.8 Å². The van der Waals surface area contributed by atoms with E-state index in [2.05, 4.69) is 0 Å². The summed E-state index contributed by atoms with van der Waals surface area (Å²) in [6, 6.07) is 7.09. The van der Waals surface area contributed by atoms with E-state index in [1.807, 2.05) is 13.0 Å². The van der Waals surface area contributed by atoms with Crippen LogP contribution in [0.4, 0.5) is 0 Å². The van der Waals surface area contributed by atoms with Crippen molar-refractivity contribution in [2.24, 2.45) is 0 Å². The summed E-state index contributed by atoms with van der Waals surface area (Å²) >= 11 is 16.3. The Balaban J connectivity index is 2.70. The Labute approximate surface area is 97.3 Å². The second-order valence-electron chi connectivity index (χ2n) is 2.83. The number of hydrogen-bond donors (Lipinski definition) is 1.